The summed E-state index contributed by atoms with van der Waals surface area (Å²) < 4.78 is 49.1. The molecule has 1 unspecified atom stereocenters. The molecule has 3 aromatic rings. The zero-order valence-corrected chi connectivity index (χ0v) is 26.8. The monoisotopic (exact) mass is 632 g/mol. The molecule has 3 N–H and O–H groups in total. The van der Waals surface area contributed by atoms with Crippen LogP contribution in [0.2, 0.25) is 0 Å². The van der Waals surface area contributed by atoms with Gasteiger partial charge in [0, 0.05) is 13.7 Å². The maximum Gasteiger partial charge on any atom is 0.312 e. The molecule has 1 aromatic heterocycles. The molecule has 2 aromatic carbocycles. The van der Waals surface area contributed by atoms with Crippen molar-refractivity contribution in [3.8, 4) is 5.75 Å². The Morgan fingerprint density at radius 2 is 1.95 bits per heavy atom. The van der Waals surface area contributed by atoms with Crippen molar-refractivity contribution in [1.29, 1.82) is 0 Å². The Labute approximate surface area is 260 Å². The number of rotatable bonds is 15. The first-order chi connectivity index (χ1) is 21.0. The fourth-order valence-electron chi connectivity index (χ4n) is 4.96. The molecule has 4 rings (SSSR count). The van der Waals surface area contributed by atoms with E-state index in [0.29, 0.717) is 61.2 Å². The summed E-state index contributed by atoms with van der Waals surface area (Å²) in [5.74, 6) is -0.540. The second-order valence-corrected chi connectivity index (χ2v) is 13.4. The molecule has 1 aliphatic heterocycles. The van der Waals surface area contributed by atoms with Crippen molar-refractivity contribution in [2.45, 2.75) is 70.9 Å². The largest absolute Gasteiger partial charge is 0.487 e. The van der Waals surface area contributed by atoms with Crippen LogP contribution < -0.4 is 4.74 Å². The molecular formula is C31H44N4O8S. The van der Waals surface area contributed by atoms with Gasteiger partial charge in [-0.1, -0.05) is 42.5 Å². The Hall–Kier alpha value is -3.04. The van der Waals surface area contributed by atoms with Crippen LogP contribution in [0.5, 0.6) is 5.75 Å². The first-order valence-electron chi connectivity index (χ1n) is 14.7. The smallest absolute Gasteiger partial charge is 0.312 e. The summed E-state index contributed by atoms with van der Waals surface area (Å²) in [6.07, 6.45) is 1.37. The van der Waals surface area contributed by atoms with Gasteiger partial charge >= 0.3 is 5.97 Å². The molecule has 0 bridgehead atoms. The van der Waals surface area contributed by atoms with Crippen LogP contribution in [0, 0.1) is 12.3 Å². The lowest BCUT2D eigenvalue weighted by Crippen LogP contribution is -2.35. The van der Waals surface area contributed by atoms with Crippen LogP contribution in [0.15, 0.2) is 53.6 Å². The lowest BCUT2D eigenvalue weighted by molar-refractivity contribution is -0.158. The number of carboxylic acid groups (broad SMARTS) is 1. The third-order valence-electron chi connectivity index (χ3n) is 7.77. The van der Waals surface area contributed by atoms with E-state index in [-0.39, 0.29) is 19.3 Å². The molecule has 0 spiro atoms. The molecule has 44 heavy (non-hydrogen) atoms. The first kappa shape index (κ1) is 33.8. The highest BCUT2D eigenvalue weighted by molar-refractivity contribution is 8.22. The van der Waals surface area contributed by atoms with Gasteiger partial charge in [-0.15, -0.1) is 15.9 Å². The summed E-state index contributed by atoms with van der Waals surface area (Å²) in [5, 5.41) is 18.4. The topological polar surface area (TPSA) is 149 Å². The van der Waals surface area contributed by atoms with E-state index in [2.05, 4.69) is 10.3 Å². The van der Waals surface area contributed by atoms with E-state index < -0.39 is 28.3 Å². The minimum absolute atomic E-state index is 0.0497. The van der Waals surface area contributed by atoms with Crippen molar-refractivity contribution in [3.63, 3.8) is 0 Å². The Balaban J connectivity index is 1.56. The maximum absolute atomic E-state index is 12.4. The number of aromatic nitrogens is 3. The molecule has 2 heterocycles. The quantitative estimate of drug-likeness (QED) is 0.187. The summed E-state index contributed by atoms with van der Waals surface area (Å²) in [7, 11) is -1.74. The first-order valence-corrected chi connectivity index (χ1v) is 16.2. The van der Waals surface area contributed by atoms with Crippen LogP contribution in [-0.2, 0) is 38.7 Å². The number of carbonyl (C=O) groups is 1. The van der Waals surface area contributed by atoms with Gasteiger partial charge in [0.05, 0.1) is 57.2 Å². The molecule has 0 amide bonds. The average Bonchev–Trinajstić information content (AvgIpc) is 3.41. The fraction of sp³-hybridized carbons (Fsp3) is 0.516. The van der Waals surface area contributed by atoms with E-state index in [1.54, 1.807) is 54.3 Å². The van der Waals surface area contributed by atoms with Gasteiger partial charge in [-0.3, -0.25) is 13.9 Å². The van der Waals surface area contributed by atoms with Crippen LogP contribution in [0.3, 0.4) is 0 Å². The van der Waals surface area contributed by atoms with Gasteiger partial charge in [0.25, 0.3) is 0 Å². The number of aryl methyl sites for hydroxylation is 1. The zero-order valence-electron chi connectivity index (χ0n) is 26.0. The maximum atomic E-state index is 12.4. The minimum Gasteiger partial charge on any atom is -0.487 e. The van der Waals surface area contributed by atoms with Gasteiger partial charge in [0.1, 0.15) is 22.4 Å². The van der Waals surface area contributed by atoms with E-state index in [1.165, 1.54) is 0 Å². The van der Waals surface area contributed by atoms with Gasteiger partial charge in [0.15, 0.2) is 0 Å². The number of fused-ring (bicyclic) bond motifs is 1. The Bertz CT molecular complexity index is 1400. The summed E-state index contributed by atoms with van der Waals surface area (Å²) in [5.41, 5.74) is 1.68. The SMILES string of the molecule is CC[C@@H]1CN(Cc2cc(C(OCc3cn(CCOCCOC)nn3)C(C)(C)C(=O)O)ccc2C)S(O)(O)c2ccccc2O1. The van der Waals surface area contributed by atoms with Crippen molar-refractivity contribution in [2.24, 2.45) is 5.41 Å². The summed E-state index contributed by atoms with van der Waals surface area (Å²) in [6.45, 7) is 9.73. The van der Waals surface area contributed by atoms with Crippen LogP contribution in [-0.4, -0.2) is 79.1 Å². The van der Waals surface area contributed by atoms with Crippen molar-refractivity contribution in [2.75, 3.05) is 33.5 Å². The molecule has 0 radical (unpaired) electrons. The third-order valence-corrected chi connectivity index (χ3v) is 9.70. The van der Waals surface area contributed by atoms with Crippen LogP contribution in [0.1, 0.15) is 55.7 Å². The molecule has 13 heteroatoms. The van der Waals surface area contributed by atoms with Gasteiger partial charge < -0.3 is 24.1 Å². The van der Waals surface area contributed by atoms with Crippen molar-refractivity contribution >= 4 is 16.7 Å². The lowest BCUT2D eigenvalue weighted by Gasteiger charge is -2.42. The molecule has 242 valence electrons. The predicted octanol–water partition coefficient (Wildman–Crippen LogP) is 5.32. The normalized spacial score (nSPS) is 18.2. The Morgan fingerprint density at radius 1 is 1.18 bits per heavy atom. The van der Waals surface area contributed by atoms with Gasteiger partial charge in [-0.2, -0.15) is 4.31 Å². The third kappa shape index (κ3) is 7.96. The van der Waals surface area contributed by atoms with E-state index >= 15 is 0 Å². The molecule has 0 saturated carbocycles. The van der Waals surface area contributed by atoms with E-state index in [9.17, 15) is 19.0 Å². The highest BCUT2D eigenvalue weighted by Crippen LogP contribution is 2.57. The van der Waals surface area contributed by atoms with E-state index in [0.717, 1.165) is 11.1 Å². The second kappa shape index (κ2) is 14.8. The van der Waals surface area contributed by atoms with Gasteiger partial charge in [-0.05, 0) is 56.0 Å². The minimum atomic E-state index is -3.36. The number of hydrogen-bond acceptors (Lipinski definition) is 10. The highest BCUT2D eigenvalue weighted by Gasteiger charge is 2.40. The van der Waals surface area contributed by atoms with Crippen molar-refractivity contribution in [3.05, 3.63) is 71.0 Å². The number of methoxy groups -OCH3 is 1. The van der Waals surface area contributed by atoms with E-state index in [4.69, 9.17) is 18.9 Å². The van der Waals surface area contributed by atoms with Crippen molar-refractivity contribution in [1.82, 2.24) is 19.3 Å². The summed E-state index contributed by atoms with van der Waals surface area (Å²) in [4.78, 5) is 12.8. The number of nitrogens with zero attached hydrogens (tertiary/aromatic N) is 4. The number of aliphatic carboxylic acids is 1. The highest BCUT2D eigenvalue weighted by atomic mass is 32.3. The molecule has 1 aliphatic rings. The molecular weight excluding hydrogens is 588 g/mol. The van der Waals surface area contributed by atoms with Crippen LogP contribution in [0.25, 0.3) is 0 Å². The zero-order chi connectivity index (χ0) is 31.9. The Morgan fingerprint density at radius 3 is 2.68 bits per heavy atom. The second-order valence-electron chi connectivity index (χ2n) is 11.4. The molecule has 0 saturated heterocycles. The standard InChI is InChI=1S/C31H44N4O8S/c1-6-26-20-35(44(38,39)28-10-8-7-9-27(28)43-26)18-24-17-23(12-11-22(24)2)29(31(3,4)30(36)37)42-21-25-19-34(33-32-25)13-14-41-16-15-40-5/h7-12,17,19,26,29,38-39H,6,13-16,18,20-21H2,1-5H3,(H,36,37)/t26-,29?/m1/s1. The lowest BCUT2D eigenvalue weighted by atomic mass is 9.81. The fourth-order valence-corrected chi connectivity index (χ4v) is 6.58. The number of carboxylic acids is 1. The number of para-hydroxylation sites is 1. The van der Waals surface area contributed by atoms with Crippen LogP contribution >= 0.6 is 10.8 Å². The van der Waals surface area contributed by atoms with Gasteiger partial charge in [0.2, 0.25) is 0 Å². The average molecular weight is 633 g/mol. The molecule has 2 atom stereocenters. The van der Waals surface area contributed by atoms with E-state index in [1.807, 2.05) is 38.1 Å². The predicted molar refractivity (Wildman–Crippen MR) is 166 cm³/mol. The number of ether oxygens (including phenoxy) is 4. The summed E-state index contributed by atoms with van der Waals surface area (Å²) >= 11 is 0. The van der Waals surface area contributed by atoms with Gasteiger partial charge in [-0.25, -0.2) is 4.68 Å². The van der Waals surface area contributed by atoms with Crippen LogP contribution in [0.4, 0.5) is 0 Å². The Kier molecular flexibility index (Phi) is 11.4. The van der Waals surface area contributed by atoms with Crippen molar-refractivity contribution < 1.29 is 38.0 Å². The number of hydrogen-bond donors (Lipinski definition) is 3. The molecule has 0 fully saturated rings. The molecule has 12 nitrogen and oxygen atoms in total. The molecule has 0 aliphatic carbocycles. The number of benzene rings is 2. The summed E-state index contributed by atoms with van der Waals surface area (Å²) in [6, 6.07) is 12.7.